The van der Waals surface area contributed by atoms with Crippen LogP contribution in [0.1, 0.15) is 17.3 Å². The minimum atomic E-state index is -0.173. The number of ketones is 1. The Kier molecular flexibility index (Phi) is 2.20. The fraction of sp³-hybridized carbons (Fsp3) is 0.333. The summed E-state index contributed by atoms with van der Waals surface area (Å²) in [6.45, 7) is 1.40. The maximum absolute atomic E-state index is 10.9. The van der Waals surface area contributed by atoms with Crippen LogP contribution in [-0.4, -0.2) is 15.6 Å². The number of nitrogens with zero attached hydrogens (tertiary/aromatic N) is 2. The molecule has 0 aliphatic carbocycles. The second-order valence-corrected chi connectivity index (χ2v) is 2.85. The van der Waals surface area contributed by atoms with Crippen molar-refractivity contribution in [2.75, 3.05) is 0 Å². The Morgan fingerprint density at radius 3 is 2.27 bits per heavy atom. The molecule has 0 atom stereocenters. The monoisotopic (exact) mass is 192 g/mol. The Bertz CT molecular complexity index is 306. The van der Waals surface area contributed by atoms with E-state index in [0.717, 1.165) is 0 Å². The lowest BCUT2D eigenvalue weighted by molar-refractivity contribution is 0.101. The fourth-order valence-corrected chi connectivity index (χ4v) is 1.41. The number of hydrogen-bond acceptors (Lipinski definition) is 2. The standard InChI is InChI=1S/C6H6Cl2N2O/c1-3(11)4-5(7)9-10(2)6(4)8/h1-2H3. The fourth-order valence-electron chi connectivity index (χ4n) is 0.763. The molecule has 0 aliphatic heterocycles. The molecule has 0 saturated carbocycles. The Morgan fingerprint density at radius 1 is 1.55 bits per heavy atom. The second-order valence-electron chi connectivity index (χ2n) is 2.14. The van der Waals surface area contributed by atoms with Gasteiger partial charge in [0, 0.05) is 7.05 Å². The number of aryl methyl sites for hydroxylation is 1. The van der Waals surface area contributed by atoms with Gasteiger partial charge in [0.15, 0.2) is 10.9 Å². The maximum Gasteiger partial charge on any atom is 0.166 e. The van der Waals surface area contributed by atoms with E-state index >= 15 is 0 Å². The van der Waals surface area contributed by atoms with Crippen molar-refractivity contribution < 1.29 is 4.79 Å². The van der Waals surface area contributed by atoms with Gasteiger partial charge in [-0.25, -0.2) is 0 Å². The van der Waals surface area contributed by atoms with Gasteiger partial charge in [-0.3, -0.25) is 9.48 Å². The van der Waals surface area contributed by atoms with E-state index in [4.69, 9.17) is 23.2 Å². The van der Waals surface area contributed by atoms with E-state index in [2.05, 4.69) is 5.10 Å². The molecule has 11 heavy (non-hydrogen) atoms. The largest absolute Gasteiger partial charge is 0.294 e. The summed E-state index contributed by atoms with van der Waals surface area (Å²) >= 11 is 11.3. The molecule has 1 aromatic rings. The highest BCUT2D eigenvalue weighted by atomic mass is 35.5. The highest BCUT2D eigenvalue weighted by Crippen LogP contribution is 2.23. The van der Waals surface area contributed by atoms with Crippen molar-refractivity contribution in [1.82, 2.24) is 9.78 Å². The first-order chi connectivity index (χ1) is 5.04. The Morgan fingerprint density at radius 2 is 2.09 bits per heavy atom. The highest BCUT2D eigenvalue weighted by Gasteiger charge is 2.16. The summed E-state index contributed by atoms with van der Waals surface area (Å²) in [6, 6.07) is 0. The Hall–Kier alpha value is -0.540. The molecule has 0 bridgehead atoms. The molecule has 0 N–H and O–H groups in total. The van der Waals surface area contributed by atoms with Crippen molar-refractivity contribution in [1.29, 1.82) is 0 Å². The average Bonchev–Trinajstić information content (AvgIpc) is 2.07. The SMILES string of the molecule is CC(=O)c1c(Cl)nn(C)c1Cl. The number of halogens is 2. The van der Waals surface area contributed by atoms with Crippen LogP contribution < -0.4 is 0 Å². The summed E-state index contributed by atoms with van der Waals surface area (Å²) in [5, 5.41) is 4.20. The van der Waals surface area contributed by atoms with Gasteiger partial charge in [0.25, 0.3) is 0 Å². The lowest BCUT2D eigenvalue weighted by atomic mass is 10.3. The van der Waals surface area contributed by atoms with Crippen molar-refractivity contribution in [2.24, 2.45) is 7.05 Å². The zero-order chi connectivity index (χ0) is 8.59. The molecular formula is C6H6Cl2N2O. The van der Waals surface area contributed by atoms with Crippen molar-refractivity contribution in [3.63, 3.8) is 0 Å². The molecule has 0 spiro atoms. The summed E-state index contributed by atoms with van der Waals surface area (Å²) in [6.07, 6.45) is 0. The highest BCUT2D eigenvalue weighted by molar-refractivity contribution is 6.38. The third-order valence-electron chi connectivity index (χ3n) is 1.29. The summed E-state index contributed by atoms with van der Waals surface area (Å²) in [5.74, 6) is -0.173. The van der Waals surface area contributed by atoms with E-state index < -0.39 is 0 Å². The van der Waals surface area contributed by atoms with Gasteiger partial charge in [0.2, 0.25) is 0 Å². The van der Waals surface area contributed by atoms with Gasteiger partial charge in [-0.2, -0.15) is 5.10 Å². The molecule has 0 radical (unpaired) electrons. The third kappa shape index (κ3) is 1.39. The predicted molar refractivity (Wildman–Crippen MR) is 43.2 cm³/mol. The van der Waals surface area contributed by atoms with Crippen LogP contribution in [0.4, 0.5) is 0 Å². The number of rotatable bonds is 1. The van der Waals surface area contributed by atoms with E-state index in [1.54, 1.807) is 7.05 Å². The molecule has 1 rings (SSSR count). The summed E-state index contributed by atoms with van der Waals surface area (Å²) < 4.78 is 1.36. The summed E-state index contributed by atoms with van der Waals surface area (Å²) in [5.41, 5.74) is 0.288. The molecule has 0 aromatic carbocycles. The number of Topliss-reactive ketones (excluding diaryl/α,β-unsaturated/α-hetero) is 1. The molecule has 0 unspecified atom stereocenters. The van der Waals surface area contributed by atoms with Gasteiger partial charge in [-0.15, -0.1) is 0 Å². The molecule has 60 valence electrons. The molecule has 5 heteroatoms. The van der Waals surface area contributed by atoms with E-state index in [1.165, 1.54) is 11.6 Å². The van der Waals surface area contributed by atoms with E-state index in [1.807, 2.05) is 0 Å². The normalized spacial score (nSPS) is 10.2. The molecule has 0 aliphatic rings. The molecule has 3 nitrogen and oxygen atoms in total. The van der Waals surface area contributed by atoms with E-state index in [0.29, 0.717) is 0 Å². The van der Waals surface area contributed by atoms with Crippen molar-refractivity contribution in [3.8, 4) is 0 Å². The van der Waals surface area contributed by atoms with Crippen LogP contribution in [0.2, 0.25) is 10.3 Å². The van der Waals surface area contributed by atoms with E-state index in [-0.39, 0.29) is 21.7 Å². The van der Waals surface area contributed by atoms with Crippen LogP contribution in [0.15, 0.2) is 0 Å². The van der Waals surface area contributed by atoms with Crippen molar-refractivity contribution in [3.05, 3.63) is 15.9 Å². The van der Waals surface area contributed by atoms with Gasteiger partial charge in [-0.1, -0.05) is 23.2 Å². The summed E-state index contributed by atoms with van der Waals surface area (Å²) in [4.78, 5) is 10.9. The van der Waals surface area contributed by atoms with Crippen LogP contribution in [-0.2, 0) is 7.05 Å². The van der Waals surface area contributed by atoms with Crippen LogP contribution >= 0.6 is 23.2 Å². The zero-order valence-electron chi connectivity index (χ0n) is 6.06. The number of carbonyl (C=O) groups excluding carboxylic acids is 1. The predicted octanol–water partition coefficient (Wildman–Crippen LogP) is 1.93. The van der Waals surface area contributed by atoms with Gasteiger partial charge < -0.3 is 0 Å². The smallest absolute Gasteiger partial charge is 0.166 e. The second kappa shape index (κ2) is 2.83. The Balaban J connectivity index is 3.34. The lowest BCUT2D eigenvalue weighted by Crippen LogP contribution is -1.93. The van der Waals surface area contributed by atoms with Crippen molar-refractivity contribution >= 4 is 29.0 Å². The van der Waals surface area contributed by atoms with Crippen LogP contribution in [0.5, 0.6) is 0 Å². The first-order valence-corrected chi connectivity index (χ1v) is 3.68. The zero-order valence-corrected chi connectivity index (χ0v) is 7.57. The lowest BCUT2D eigenvalue weighted by Gasteiger charge is -1.90. The number of aromatic nitrogens is 2. The number of carbonyl (C=O) groups is 1. The number of hydrogen-bond donors (Lipinski definition) is 0. The van der Waals surface area contributed by atoms with E-state index in [9.17, 15) is 4.79 Å². The molecule has 1 heterocycles. The quantitative estimate of drug-likeness (QED) is 0.638. The van der Waals surface area contributed by atoms with Crippen LogP contribution in [0, 0.1) is 0 Å². The van der Waals surface area contributed by atoms with Crippen molar-refractivity contribution in [2.45, 2.75) is 6.92 Å². The first kappa shape index (κ1) is 8.56. The Labute approximate surface area is 73.9 Å². The molecule has 0 amide bonds. The van der Waals surface area contributed by atoms with Gasteiger partial charge in [0.05, 0.1) is 5.56 Å². The first-order valence-electron chi connectivity index (χ1n) is 2.93. The van der Waals surface area contributed by atoms with Crippen LogP contribution in [0.3, 0.4) is 0 Å². The minimum Gasteiger partial charge on any atom is -0.294 e. The maximum atomic E-state index is 10.9. The molecule has 1 aromatic heterocycles. The molecule has 0 saturated heterocycles. The molecule has 0 fully saturated rings. The third-order valence-corrected chi connectivity index (χ3v) is 1.98. The minimum absolute atomic E-state index is 0.157. The van der Waals surface area contributed by atoms with Gasteiger partial charge in [0.1, 0.15) is 5.15 Å². The summed E-state index contributed by atoms with van der Waals surface area (Å²) in [7, 11) is 1.63. The van der Waals surface area contributed by atoms with Gasteiger partial charge >= 0.3 is 0 Å². The van der Waals surface area contributed by atoms with Gasteiger partial charge in [-0.05, 0) is 6.92 Å². The van der Waals surface area contributed by atoms with Crippen LogP contribution in [0.25, 0.3) is 0 Å². The average molecular weight is 193 g/mol. The topological polar surface area (TPSA) is 34.9 Å². The molecular weight excluding hydrogens is 187 g/mol.